The van der Waals surface area contributed by atoms with Crippen LogP contribution in [-0.4, -0.2) is 10.7 Å². The third-order valence-electron chi connectivity index (χ3n) is 0. The second-order valence-corrected chi connectivity index (χ2v) is 0.402. The van der Waals surface area contributed by atoms with Gasteiger partial charge in [0, 0.05) is 0 Å². The standard InChI is InChI=1S/CH4N2O.ClHO.H4N2/c2-1(3)4;2*1-2/h(H4,2,3,4);2H;1-2H2. The van der Waals surface area contributed by atoms with Crippen LogP contribution in [-0.2, 0) is 0 Å². The van der Waals surface area contributed by atoms with Crippen molar-refractivity contribution in [2.45, 2.75) is 0 Å². The highest BCUT2D eigenvalue weighted by molar-refractivity contribution is 6.04. The number of carbonyl (C=O) groups excluding carboxylic acids is 1. The minimum atomic E-state index is -0.833. The molecule has 0 heterocycles. The van der Waals surface area contributed by atoms with E-state index in [1.54, 1.807) is 0 Å². The number of hydrogen-bond acceptors (Lipinski definition) is 4. The minimum absolute atomic E-state index is 0.833. The van der Waals surface area contributed by atoms with Crippen molar-refractivity contribution in [1.82, 2.24) is 0 Å². The summed E-state index contributed by atoms with van der Waals surface area (Å²) in [5.41, 5.74) is 8.50. The Kier molecular flexibility index (Phi) is 62.6. The maximum atomic E-state index is 9.00. The fraction of sp³-hybridized carbons (Fsp3) is 0. The smallest absolute Gasteiger partial charge is 0.309 e. The summed E-state index contributed by atoms with van der Waals surface area (Å²) in [6.07, 6.45) is 0. The number of halogens is 1. The maximum absolute atomic E-state index is 9.00. The monoisotopic (exact) mass is 144 g/mol. The molecule has 7 heteroatoms. The Hall–Kier alpha value is -0.560. The predicted molar refractivity (Wildman–Crippen MR) is 30.2 cm³/mol. The number of urea groups is 1. The predicted octanol–water partition coefficient (Wildman–Crippen LogP) is -2.02. The molecule has 8 heavy (non-hydrogen) atoms. The van der Waals surface area contributed by atoms with Crippen molar-refractivity contribution in [3.63, 3.8) is 0 Å². The lowest BCUT2D eigenvalue weighted by Crippen LogP contribution is -2.18. The van der Waals surface area contributed by atoms with Crippen molar-refractivity contribution in [2.24, 2.45) is 23.2 Å². The molecule has 0 unspecified atom stereocenters. The summed E-state index contributed by atoms with van der Waals surface area (Å²) in [7, 11) is 0. The summed E-state index contributed by atoms with van der Waals surface area (Å²) in [5.74, 6) is 8.00. The number of nitrogens with two attached hydrogens (primary N) is 4. The highest BCUT2D eigenvalue weighted by Gasteiger charge is 1.60. The number of hydrazine groups is 1. The van der Waals surface area contributed by atoms with Gasteiger partial charge >= 0.3 is 6.03 Å². The normalized spacial score (nSPS) is 4.50. The Bertz CT molecular complexity index is 37.0. The molecule has 0 saturated heterocycles. The molecule has 0 radical (unpaired) electrons. The van der Waals surface area contributed by atoms with Gasteiger partial charge in [0.1, 0.15) is 0 Å². The highest BCUT2D eigenvalue weighted by atomic mass is 35.5. The summed E-state index contributed by atoms with van der Waals surface area (Å²) in [4.78, 5) is 9.00. The lowest BCUT2D eigenvalue weighted by molar-refractivity contribution is 0.256. The average Bonchev–Trinajstić information content (AvgIpc) is 1.75. The first-order chi connectivity index (χ1) is 3.73. The van der Waals surface area contributed by atoms with E-state index in [4.69, 9.17) is 9.45 Å². The van der Waals surface area contributed by atoms with Gasteiger partial charge in [-0.25, -0.2) is 4.79 Å². The molecule has 0 spiro atoms. The number of primary amides is 2. The molecule has 52 valence electrons. The second-order valence-electron chi connectivity index (χ2n) is 0.402. The van der Waals surface area contributed by atoms with E-state index < -0.39 is 6.03 Å². The van der Waals surface area contributed by atoms with Crippen LogP contribution in [0.5, 0.6) is 0 Å². The molecule has 0 bridgehead atoms. The van der Waals surface area contributed by atoms with Crippen LogP contribution < -0.4 is 23.2 Å². The van der Waals surface area contributed by atoms with Gasteiger partial charge in [-0.3, -0.25) is 16.3 Å². The van der Waals surface area contributed by atoms with E-state index in [-0.39, 0.29) is 0 Å². The molecule has 0 aromatic carbocycles. The summed E-state index contributed by atoms with van der Waals surface area (Å²) in [5, 5.41) is 0. The minimum Gasteiger partial charge on any atom is -0.352 e. The number of hydrogen-bond donors (Lipinski definition) is 5. The van der Waals surface area contributed by atoms with Gasteiger partial charge in [-0.1, -0.05) is 0 Å². The molecule has 0 atom stereocenters. The number of amides is 2. The van der Waals surface area contributed by atoms with Crippen LogP contribution in [0, 0.1) is 0 Å². The zero-order valence-corrected chi connectivity index (χ0v) is 4.80. The SMILES string of the molecule is NC(N)=O.NN.OCl. The molecule has 6 nitrogen and oxygen atoms in total. The van der Waals surface area contributed by atoms with Gasteiger partial charge in [0.2, 0.25) is 0 Å². The molecule has 2 amide bonds. The Balaban J connectivity index is -0.0000000542. The first-order valence-corrected chi connectivity index (χ1v) is 1.62. The van der Waals surface area contributed by atoms with Crippen molar-refractivity contribution in [3.8, 4) is 0 Å². The Morgan fingerprint density at radius 2 is 1.25 bits per heavy atom. The summed E-state index contributed by atoms with van der Waals surface area (Å²) in [6.45, 7) is 0. The van der Waals surface area contributed by atoms with Gasteiger partial charge in [0.25, 0.3) is 0 Å². The molecule has 0 rings (SSSR count). The highest BCUT2D eigenvalue weighted by Crippen LogP contribution is 1.31. The van der Waals surface area contributed by atoms with Crippen LogP contribution in [0.1, 0.15) is 0 Å². The van der Waals surface area contributed by atoms with E-state index in [0.717, 1.165) is 0 Å². The third-order valence-corrected chi connectivity index (χ3v) is 0. The van der Waals surface area contributed by atoms with E-state index in [2.05, 4.69) is 35.0 Å². The lowest BCUT2D eigenvalue weighted by Gasteiger charge is -1.62. The second kappa shape index (κ2) is 32.0. The van der Waals surface area contributed by atoms with Crippen molar-refractivity contribution in [2.75, 3.05) is 0 Å². The van der Waals surface area contributed by atoms with Crippen LogP contribution in [0.25, 0.3) is 0 Å². The zero-order valence-electron chi connectivity index (χ0n) is 4.04. The van der Waals surface area contributed by atoms with Crippen LogP contribution in [0.15, 0.2) is 0 Å². The van der Waals surface area contributed by atoms with Gasteiger partial charge in [0.15, 0.2) is 0 Å². The van der Waals surface area contributed by atoms with E-state index in [1.807, 2.05) is 0 Å². The molecule has 0 aliphatic heterocycles. The summed E-state index contributed by atoms with van der Waals surface area (Å²) in [6, 6.07) is -0.833. The zero-order chi connectivity index (χ0) is 7.58. The first kappa shape index (κ1) is 15.7. The van der Waals surface area contributed by atoms with E-state index in [0.29, 0.717) is 0 Å². The van der Waals surface area contributed by atoms with E-state index >= 15 is 0 Å². The lowest BCUT2D eigenvalue weighted by atomic mass is 11.2. The Morgan fingerprint density at radius 1 is 1.25 bits per heavy atom. The molecule has 0 aromatic rings. The van der Waals surface area contributed by atoms with Gasteiger partial charge in [-0.2, -0.15) is 0 Å². The van der Waals surface area contributed by atoms with Crippen molar-refractivity contribution >= 4 is 17.9 Å². The summed E-state index contributed by atoms with van der Waals surface area (Å²) >= 11 is 3.64. The van der Waals surface area contributed by atoms with Crippen molar-refractivity contribution < 1.29 is 9.45 Å². The Labute approximate surface area is 51.5 Å². The molecule has 9 N–H and O–H groups in total. The maximum Gasteiger partial charge on any atom is 0.309 e. The van der Waals surface area contributed by atoms with Crippen molar-refractivity contribution in [1.29, 1.82) is 0 Å². The quantitative estimate of drug-likeness (QED) is 0.198. The van der Waals surface area contributed by atoms with Crippen LogP contribution in [0.3, 0.4) is 0 Å². The fourth-order valence-electron chi connectivity index (χ4n) is 0. The number of carbonyl (C=O) groups is 1. The molecular formula is CH9ClN4O2. The van der Waals surface area contributed by atoms with Gasteiger partial charge < -0.3 is 11.5 Å². The van der Waals surface area contributed by atoms with E-state index in [1.165, 1.54) is 0 Å². The number of rotatable bonds is 0. The molecular weight excluding hydrogens is 135 g/mol. The average molecular weight is 145 g/mol. The topological polar surface area (TPSA) is 141 Å². The van der Waals surface area contributed by atoms with Crippen LogP contribution in [0.4, 0.5) is 4.79 Å². The van der Waals surface area contributed by atoms with Gasteiger partial charge in [0.05, 0.1) is 11.9 Å². The molecule has 0 aromatic heterocycles. The third kappa shape index (κ3) is 342. The van der Waals surface area contributed by atoms with Crippen molar-refractivity contribution in [3.05, 3.63) is 0 Å². The van der Waals surface area contributed by atoms with Gasteiger partial charge in [-0.15, -0.1) is 0 Å². The Morgan fingerprint density at radius 3 is 1.25 bits per heavy atom. The fourth-order valence-corrected chi connectivity index (χ4v) is 0. The van der Waals surface area contributed by atoms with Crippen LogP contribution >= 0.6 is 11.9 Å². The summed E-state index contributed by atoms with van der Waals surface area (Å²) < 4.78 is 6.47. The molecule has 0 aliphatic rings. The first-order valence-electron chi connectivity index (χ1n) is 1.28. The molecule has 0 aliphatic carbocycles. The largest absolute Gasteiger partial charge is 0.352 e. The van der Waals surface area contributed by atoms with Gasteiger partial charge in [-0.05, 0) is 0 Å². The molecule has 0 fully saturated rings. The van der Waals surface area contributed by atoms with E-state index in [9.17, 15) is 0 Å². The van der Waals surface area contributed by atoms with Crippen LogP contribution in [0.2, 0.25) is 0 Å². The molecule has 0 saturated carbocycles.